The summed E-state index contributed by atoms with van der Waals surface area (Å²) in [6, 6.07) is 2.92. The number of hydrogen-bond acceptors (Lipinski definition) is 4. The molecular weight excluding hydrogens is 246 g/mol. The lowest BCUT2D eigenvalue weighted by atomic mass is 10.0. The van der Waals surface area contributed by atoms with Crippen molar-refractivity contribution in [3.05, 3.63) is 22.7 Å². The van der Waals surface area contributed by atoms with Gasteiger partial charge in [-0.05, 0) is 18.1 Å². The zero-order valence-electron chi connectivity index (χ0n) is 8.98. The van der Waals surface area contributed by atoms with Gasteiger partial charge in [0.05, 0.1) is 0 Å². The van der Waals surface area contributed by atoms with Crippen molar-refractivity contribution in [2.75, 3.05) is 6.79 Å². The molecule has 0 aromatic heterocycles. The van der Waals surface area contributed by atoms with E-state index >= 15 is 0 Å². The van der Waals surface area contributed by atoms with Gasteiger partial charge in [0.1, 0.15) is 0 Å². The average Bonchev–Trinajstić information content (AvgIpc) is 2.71. The summed E-state index contributed by atoms with van der Waals surface area (Å²) in [5.41, 5.74) is 6.57. The van der Waals surface area contributed by atoms with Gasteiger partial charge in [0, 0.05) is 23.6 Å². The number of benzene rings is 1. The van der Waals surface area contributed by atoms with Crippen LogP contribution in [-0.4, -0.2) is 17.9 Å². The number of rotatable bonds is 4. The second kappa shape index (κ2) is 4.81. The van der Waals surface area contributed by atoms with Gasteiger partial charge in [-0.3, -0.25) is 4.79 Å². The van der Waals surface area contributed by atoms with Crippen molar-refractivity contribution < 1.29 is 19.4 Å². The highest BCUT2D eigenvalue weighted by atomic mass is 35.5. The van der Waals surface area contributed by atoms with Crippen molar-refractivity contribution in [1.82, 2.24) is 0 Å². The first-order valence-corrected chi connectivity index (χ1v) is 5.52. The molecule has 1 atom stereocenters. The minimum Gasteiger partial charge on any atom is -0.481 e. The molecule has 1 aromatic carbocycles. The van der Waals surface area contributed by atoms with Gasteiger partial charge in [0.2, 0.25) is 6.79 Å². The number of nitrogens with two attached hydrogens (primary N) is 1. The molecule has 0 saturated heterocycles. The van der Waals surface area contributed by atoms with E-state index in [1.54, 1.807) is 12.1 Å². The Morgan fingerprint density at radius 2 is 2.12 bits per heavy atom. The van der Waals surface area contributed by atoms with Crippen LogP contribution in [0.3, 0.4) is 0 Å². The molecule has 0 radical (unpaired) electrons. The van der Waals surface area contributed by atoms with Gasteiger partial charge in [-0.1, -0.05) is 11.6 Å². The van der Waals surface area contributed by atoms with E-state index in [4.69, 9.17) is 31.9 Å². The summed E-state index contributed by atoms with van der Waals surface area (Å²) in [4.78, 5) is 10.5. The second-order valence-corrected chi connectivity index (χ2v) is 4.17. The van der Waals surface area contributed by atoms with E-state index in [2.05, 4.69) is 0 Å². The topological polar surface area (TPSA) is 81.8 Å². The van der Waals surface area contributed by atoms with E-state index < -0.39 is 12.0 Å². The first kappa shape index (κ1) is 12.0. The van der Waals surface area contributed by atoms with Crippen LogP contribution in [0.4, 0.5) is 0 Å². The van der Waals surface area contributed by atoms with Crippen LogP contribution >= 0.6 is 11.6 Å². The van der Waals surface area contributed by atoms with Crippen LogP contribution in [0.2, 0.25) is 5.02 Å². The van der Waals surface area contributed by atoms with Crippen LogP contribution in [0.1, 0.15) is 24.4 Å². The van der Waals surface area contributed by atoms with E-state index in [0.29, 0.717) is 28.5 Å². The molecule has 1 heterocycles. The lowest BCUT2D eigenvalue weighted by Crippen LogP contribution is -2.12. The molecule has 1 unspecified atom stereocenters. The van der Waals surface area contributed by atoms with Gasteiger partial charge in [0.25, 0.3) is 0 Å². The van der Waals surface area contributed by atoms with Crippen LogP contribution in [0, 0.1) is 0 Å². The molecule has 17 heavy (non-hydrogen) atoms. The maximum absolute atomic E-state index is 10.5. The Labute approximate surface area is 103 Å². The Morgan fingerprint density at radius 1 is 1.47 bits per heavy atom. The normalized spacial score (nSPS) is 14.7. The Hall–Kier alpha value is -1.46. The fraction of sp³-hybridized carbons (Fsp3) is 0.364. The second-order valence-electron chi connectivity index (χ2n) is 3.77. The predicted molar refractivity (Wildman–Crippen MR) is 61.4 cm³/mol. The molecule has 0 amide bonds. The minimum absolute atomic E-state index is 0.00589. The highest BCUT2D eigenvalue weighted by Gasteiger charge is 2.20. The highest BCUT2D eigenvalue weighted by molar-refractivity contribution is 6.31. The average molecular weight is 258 g/mol. The van der Waals surface area contributed by atoms with Crippen LogP contribution in [0.15, 0.2) is 12.1 Å². The zero-order chi connectivity index (χ0) is 12.4. The first-order chi connectivity index (χ1) is 8.08. The van der Waals surface area contributed by atoms with Crippen LogP contribution in [-0.2, 0) is 4.79 Å². The summed E-state index contributed by atoms with van der Waals surface area (Å²) < 4.78 is 10.4. The Balaban J connectivity index is 2.17. The van der Waals surface area contributed by atoms with Crippen molar-refractivity contribution in [3.63, 3.8) is 0 Å². The molecule has 0 aliphatic carbocycles. The number of hydrogen-bond donors (Lipinski definition) is 2. The summed E-state index contributed by atoms with van der Waals surface area (Å²) in [6.07, 6.45) is 0.334. The van der Waals surface area contributed by atoms with Crippen molar-refractivity contribution in [3.8, 4) is 11.5 Å². The van der Waals surface area contributed by atoms with Gasteiger partial charge < -0.3 is 20.3 Å². The van der Waals surface area contributed by atoms with E-state index in [-0.39, 0.29) is 13.2 Å². The summed E-state index contributed by atoms with van der Waals surface area (Å²) in [5.74, 6) is 0.302. The summed E-state index contributed by atoms with van der Waals surface area (Å²) in [7, 11) is 0. The Kier molecular flexibility index (Phi) is 3.40. The summed E-state index contributed by atoms with van der Waals surface area (Å²) >= 11 is 6.06. The SMILES string of the molecule is NC(CCC(=O)O)c1cc2c(cc1Cl)OCO2. The Bertz CT molecular complexity index is 449. The highest BCUT2D eigenvalue weighted by Crippen LogP contribution is 2.39. The van der Waals surface area contributed by atoms with Crippen molar-refractivity contribution in [2.24, 2.45) is 5.73 Å². The molecule has 6 heteroatoms. The molecule has 0 bridgehead atoms. The van der Waals surface area contributed by atoms with Gasteiger partial charge in [-0.25, -0.2) is 0 Å². The van der Waals surface area contributed by atoms with Crippen molar-refractivity contribution >= 4 is 17.6 Å². The quantitative estimate of drug-likeness (QED) is 0.861. The summed E-state index contributed by atoms with van der Waals surface area (Å²) in [6.45, 7) is 0.166. The number of fused-ring (bicyclic) bond motifs is 1. The third kappa shape index (κ3) is 2.62. The zero-order valence-corrected chi connectivity index (χ0v) is 9.74. The number of halogens is 1. The number of carbonyl (C=O) groups is 1. The summed E-state index contributed by atoms with van der Waals surface area (Å²) in [5, 5.41) is 9.07. The standard InChI is InChI=1S/C11H12ClNO4/c12-7-4-10-9(16-5-17-10)3-6(7)8(13)1-2-11(14)15/h3-4,8H,1-2,5,13H2,(H,14,15). The molecular formula is C11H12ClNO4. The Morgan fingerprint density at radius 3 is 2.76 bits per heavy atom. The number of carboxylic acid groups (broad SMARTS) is 1. The molecule has 92 valence electrons. The van der Waals surface area contributed by atoms with Crippen molar-refractivity contribution in [1.29, 1.82) is 0 Å². The predicted octanol–water partition coefficient (Wildman–Crippen LogP) is 1.93. The largest absolute Gasteiger partial charge is 0.481 e. The lowest BCUT2D eigenvalue weighted by molar-refractivity contribution is -0.137. The van der Waals surface area contributed by atoms with Crippen molar-refractivity contribution in [2.45, 2.75) is 18.9 Å². The molecule has 5 nitrogen and oxygen atoms in total. The first-order valence-electron chi connectivity index (χ1n) is 5.14. The third-order valence-electron chi connectivity index (χ3n) is 2.56. The molecule has 0 fully saturated rings. The fourth-order valence-corrected chi connectivity index (χ4v) is 1.95. The number of ether oxygens (including phenoxy) is 2. The number of aliphatic carboxylic acids is 1. The van der Waals surface area contributed by atoms with Gasteiger partial charge in [0.15, 0.2) is 11.5 Å². The maximum atomic E-state index is 10.5. The molecule has 3 N–H and O–H groups in total. The monoisotopic (exact) mass is 257 g/mol. The van der Waals surface area contributed by atoms with E-state index in [1.165, 1.54) is 0 Å². The van der Waals surface area contributed by atoms with Gasteiger partial charge in [-0.15, -0.1) is 0 Å². The van der Waals surface area contributed by atoms with E-state index in [0.717, 1.165) is 0 Å². The van der Waals surface area contributed by atoms with Crippen LogP contribution < -0.4 is 15.2 Å². The van der Waals surface area contributed by atoms with Gasteiger partial charge in [-0.2, -0.15) is 0 Å². The smallest absolute Gasteiger partial charge is 0.303 e. The lowest BCUT2D eigenvalue weighted by Gasteiger charge is -2.13. The number of carboxylic acids is 1. The maximum Gasteiger partial charge on any atom is 0.303 e. The molecule has 0 spiro atoms. The van der Waals surface area contributed by atoms with Crippen LogP contribution in [0.5, 0.6) is 11.5 Å². The molecule has 1 aliphatic rings. The third-order valence-corrected chi connectivity index (χ3v) is 2.89. The van der Waals surface area contributed by atoms with E-state index in [9.17, 15) is 4.79 Å². The molecule has 0 saturated carbocycles. The molecule has 1 aromatic rings. The molecule has 2 rings (SSSR count). The van der Waals surface area contributed by atoms with Crippen LogP contribution in [0.25, 0.3) is 0 Å². The fourth-order valence-electron chi connectivity index (χ4n) is 1.65. The van der Waals surface area contributed by atoms with E-state index in [1.807, 2.05) is 0 Å². The van der Waals surface area contributed by atoms with Gasteiger partial charge >= 0.3 is 5.97 Å². The minimum atomic E-state index is -0.877. The molecule has 1 aliphatic heterocycles.